The number of benzene rings is 1. The summed E-state index contributed by atoms with van der Waals surface area (Å²) in [5.41, 5.74) is -2.11. The molecule has 2 rings (SSSR count). The second kappa shape index (κ2) is 3.90. The minimum absolute atomic E-state index is 0.0215. The molecule has 0 spiro atoms. The van der Waals surface area contributed by atoms with Crippen molar-refractivity contribution in [3.8, 4) is 0 Å². The molecule has 1 aliphatic rings. The summed E-state index contributed by atoms with van der Waals surface area (Å²) in [6.07, 6.45) is 1.36. The maximum absolute atomic E-state index is 13.5. The van der Waals surface area contributed by atoms with Gasteiger partial charge in [0.25, 0.3) is 0 Å². The fraction of sp³-hybridized carbons (Fsp3) is 0.167. The van der Waals surface area contributed by atoms with Gasteiger partial charge < -0.3 is 0 Å². The van der Waals surface area contributed by atoms with Gasteiger partial charge in [0.2, 0.25) is 0 Å². The highest BCUT2D eigenvalue weighted by Crippen LogP contribution is 2.47. The average Bonchev–Trinajstić information content (AvgIpc) is 2.27. The van der Waals surface area contributed by atoms with E-state index in [1.54, 1.807) is 0 Å². The van der Waals surface area contributed by atoms with Crippen molar-refractivity contribution in [2.75, 3.05) is 0 Å². The summed E-state index contributed by atoms with van der Waals surface area (Å²) in [6, 6.07) is 2.52. The molecule has 0 N–H and O–H groups in total. The van der Waals surface area contributed by atoms with Crippen molar-refractivity contribution in [3.05, 3.63) is 53.6 Å². The summed E-state index contributed by atoms with van der Waals surface area (Å²) < 4.78 is 79.4. The van der Waals surface area contributed by atoms with E-state index >= 15 is 0 Å². The van der Waals surface area contributed by atoms with E-state index in [1.165, 1.54) is 0 Å². The molecule has 0 unspecified atom stereocenters. The molecule has 0 atom stereocenters. The van der Waals surface area contributed by atoms with Gasteiger partial charge in [-0.05, 0) is 12.1 Å². The molecule has 96 valence electrons. The summed E-state index contributed by atoms with van der Waals surface area (Å²) in [5.74, 6) is -12.0. The minimum Gasteiger partial charge on any atom is -0.204 e. The molecule has 0 aromatic heterocycles. The van der Waals surface area contributed by atoms with Gasteiger partial charge in [-0.15, -0.1) is 0 Å². The molecule has 18 heavy (non-hydrogen) atoms. The number of halogens is 6. The van der Waals surface area contributed by atoms with E-state index in [0.29, 0.717) is 18.2 Å². The molecule has 0 bridgehead atoms. The van der Waals surface area contributed by atoms with Gasteiger partial charge in [-0.25, -0.2) is 8.78 Å². The first-order valence-corrected chi connectivity index (χ1v) is 4.87. The molecule has 6 heteroatoms. The fourth-order valence-electron chi connectivity index (χ4n) is 1.62. The lowest BCUT2D eigenvalue weighted by Crippen LogP contribution is -2.41. The van der Waals surface area contributed by atoms with Crippen LogP contribution in [0.5, 0.6) is 0 Å². The Kier molecular flexibility index (Phi) is 2.76. The highest BCUT2D eigenvalue weighted by molar-refractivity contribution is 5.75. The van der Waals surface area contributed by atoms with Crippen LogP contribution in [0.15, 0.2) is 36.4 Å². The Labute approximate surface area is 98.2 Å². The normalized spacial score (nSPS) is 20.7. The number of alkyl halides is 4. The lowest BCUT2D eigenvalue weighted by Gasteiger charge is -2.29. The van der Waals surface area contributed by atoms with Crippen LogP contribution in [-0.4, -0.2) is 11.8 Å². The number of hydrogen-bond acceptors (Lipinski definition) is 0. The molecule has 1 aliphatic carbocycles. The third-order valence-electron chi connectivity index (χ3n) is 2.57. The predicted octanol–water partition coefficient (Wildman–Crippen LogP) is 4.19. The third kappa shape index (κ3) is 1.72. The van der Waals surface area contributed by atoms with Crippen molar-refractivity contribution in [2.45, 2.75) is 11.8 Å². The number of hydrogen-bond donors (Lipinski definition) is 0. The first-order valence-electron chi connectivity index (χ1n) is 4.87. The van der Waals surface area contributed by atoms with Gasteiger partial charge in [0.05, 0.1) is 0 Å². The molecule has 1 aromatic rings. The van der Waals surface area contributed by atoms with Crippen LogP contribution in [0.4, 0.5) is 26.3 Å². The highest BCUT2D eigenvalue weighted by Gasteiger charge is 2.58. The largest absolute Gasteiger partial charge is 0.339 e. The smallest absolute Gasteiger partial charge is 0.204 e. The van der Waals surface area contributed by atoms with E-state index in [9.17, 15) is 26.3 Å². The fourth-order valence-corrected chi connectivity index (χ4v) is 1.62. The Morgan fingerprint density at radius 2 is 1.61 bits per heavy atom. The molecule has 1 aromatic carbocycles. The topological polar surface area (TPSA) is 0 Å². The minimum atomic E-state index is -4.59. The molecule has 0 saturated heterocycles. The maximum atomic E-state index is 13.5. The van der Waals surface area contributed by atoms with Gasteiger partial charge in [0.15, 0.2) is 11.6 Å². The van der Waals surface area contributed by atoms with Crippen LogP contribution in [0.2, 0.25) is 0 Å². The molecule has 0 amide bonds. The number of allylic oxidation sites excluding steroid dienone is 4. The first-order chi connectivity index (χ1) is 8.27. The molecule has 0 saturated carbocycles. The lowest BCUT2D eigenvalue weighted by atomic mass is 9.91. The second-order valence-electron chi connectivity index (χ2n) is 3.74. The van der Waals surface area contributed by atoms with Crippen molar-refractivity contribution in [1.29, 1.82) is 0 Å². The van der Waals surface area contributed by atoms with Crippen LogP contribution in [-0.2, 0) is 0 Å². The SMILES string of the molecule is Fc1cccc(C2=CC=CC(F)(F)C2(F)F)c1F. The Balaban J connectivity index is 2.61. The molecule has 0 radical (unpaired) electrons. The van der Waals surface area contributed by atoms with E-state index in [-0.39, 0.29) is 6.08 Å². The van der Waals surface area contributed by atoms with Crippen LogP contribution in [0.1, 0.15) is 5.56 Å². The average molecular weight is 264 g/mol. The summed E-state index contributed by atoms with van der Waals surface area (Å²) in [4.78, 5) is 0. The van der Waals surface area contributed by atoms with Crippen molar-refractivity contribution >= 4 is 5.57 Å². The molecule has 0 nitrogen and oxygen atoms in total. The molecule has 0 aliphatic heterocycles. The van der Waals surface area contributed by atoms with Crippen molar-refractivity contribution < 1.29 is 26.3 Å². The molecular weight excluding hydrogens is 258 g/mol. The van der Waals surface area contributed by atoms with Crippen LogP contribution < -0.4 is 0 Å². The van der Waals surface area contributed by atoms with E-state index in [4.69, 9.17) is 0 Å². The van der Waals surface area contributed by atoms with E-state index in [1.807, 2.05) is 0 Å². The van der Waals surface area contributed by atoms with E-state index in [0.717, 1.165) is 12.1 Å². The second-order valence-corrected chi connectivity index (χ2v) is 3.74. The van der Waals surface area contributed by atoms with Gasteiger partial charge in [-0.1, -0.05) is 24.3 Å². The summed E-state index contributed by atoms with van der Waals surface area (Å²) >= 11 is 0. The Morgan fingerprint density at radius 3 is 2.28 bits per heavy atom. The van der Waals surface area contributed by atoms with Crippen molar-refractivity contribution in [3.63, 3.8) is 0 Å². The maximum Gasteiger partial charge on any atom is 0.339 e. The van der Waals surface area contributed by atoms with Crippen molar-refractivity contribution in [2.24, 2.45) is 0 Å². The van der Waals surface area contributed by atoms with Gasteiger partial charge in [-0.3, -0.25) is 0 Å². The third-order valence-corrected chi connectivity index (χ3v) is 2.57. The van der Waals surface area contributed by atoms with Crippen LogP contribution >= 0.6 is 0 Å². The predicted molar refractivity (Wildman–Crippen MR) is 53.4 cm³/mol. The zero-order valence-corrected chi connectivity index (χ0v) is 8.73. The van der Waals surface area contributed by atoms with Gasteiger partial charge in [0, 0.05) is 11.1 Å². The highest BCUT2D eigenvalue weighted by atomic mass is 19.3. The van der Waals surface area contributed by atoms with Gasteiger partial charge in [0.1, 0.15) is 0 Å². The van der Waals surface area contributed by atoms with Crippen LogP contribution in [0.3, 0.4) is 0 Å². The first kappa shape index (κ1) is 12.7. The quantitative estimate of drug-likeness (QED) is 0.667. The van der Waals surface area contributed by atoms with Gasteiger partial charge >= 0.3 is 11.8 Å². The molecule has 0 fully saturated rings. The Hall–Kier alpha value is -1.72. The van der Waals surface area contributed by atoms with Crippen molar-refractivity contribution in [1.82, 2.24) is 0 Å². The Morgan fingerprint density at radius 1 is 0.944 bits per heavy atom. The zero-order chi connectivity index (χ0) is 13.6. The summed E-state index contributed by atoms with van der Waals surface area (Å²) in [7, 11) is 0. The molecular formula is C12H6F6. The van der Waals surface area contributed by atoms with Crippen LogP contribution in [0, 0.1) is 11.6 Å². The zero-order valence-electron chi connectivity index (χ0n) is 8.73. The lowest BCUT2D eigenvalue weighted by molar-refractivity contribution is -0.140. The van der Waals surface area contributed by atoms with E-state index < -0.39 is 34.6 Å². The monoisotopic (exact) mass is 264 g/mol. The standard InChI is InChI=1S/C12H6F6/c13-9-5-1-3-7(10(9)14)8-4-2-6-11(15,16)12(8,17)18/h1-6H. The Bertz CT molecular complexity index is 541. The number of rotatable bonds is 1. The summed E-state index contributed by atoms with van der Waals surface area (Å²) in [6.45, 7) is 0. The van der Waals surface area contributed by atoms with Crippen LogP contribution in [0.25, 0.3) is 5.57 Å². The van der Waals surface area contributed by atoms with E-state index in [2.05, 4.69) is 0 Å². The van der Waals surface area contributed by atoms with Gasteiger partial charge in [-0.2, -0.15) is 17.6 Å². The molecule has 0 heterocycles. The summed E-state index contributed by atoms with van der Waals surface area (Å²) in [5, 5.41) is 0.